The summed E-state index contributed by atoms with van der Waals surface area (Å²) in [6.45, 7) is -2.34. The first-order chi connectivity index (χ1) is 34.4. The molecule has 1 saturated heterocycles. The number of carboxylic acids is 1. The van der Waals surface area contributed by atoms with E-state index < -0.39 is 77.6 Å². The molecule has 2 unspecified atom stereocenters. The minimum Gasteiger partial charge on any atom is -0.477 e. The minimum absolute atomic E-state index is 0.0151. The molecule has 7 aromatic rings. The smallest absolute Gasteiger partial charge is 0.407 e. The average Bonchev–Trinajstić information content (AvgIpc) is 3.87. The number of nitrogens with one attached hydrogen (secondary N) is 3. The van der Waals surface area contributed by atoms with Gasteiger partial charge in [0.25, 0.3) is 11.8 Å². The summed E-state index contributed by atoms with van der Waals surface area (Å²) < 4.78 is 50.4. The molecule has 3 atom stereocenters. The number of benzene rings is 6. The van der Waals surface area contributed by atoms with Crippen LogP contribution in [0.25, 0.3) is 0 Å². The third-order valence-corrected chi connectivity index (χ3v) is 14.3. The molecular formula is C54H44F3N5O7S2. The molecule has 2 aliphatic heterocycles. The van der Waals surface area contributed by atoms with E-state index in [1.54, 1.807) is 10.7 Å². The minimum atomic E-state index is -4.70. The number of carbonyl (C=O) groups is 4. The average molecular weight is 996 g/mol. The predicted octanol–water partition coefficient (Wildman–Crippen LogP) is 9.62. The van der Waals surface area contributed by atoms with Gasteiger partial charge in [0.05, 0.1) is 5.69 Å². The second kappa shape index (κ2) is 20.7. The van der Waals surface area contributed by atoms with E-state index in [1.165, 1.54) is 11.3 Å². The third-order valence-electron chi connectivity index (χ3n) is 12.1. The Hall–Kier alpha value is -7.73. The van der Waals surface area contributed by atoms with Crippen molar-refractivity contribution in [2.24, 2.45) is 0 Å². The van der Waals surface area contributed by atoms with Gasteiger partial charge in [0.1, 0.15) is 41.4 Å². The van der Waals surface area contributed by atoms with Gasteiger partial charge >= 0.3 is 18.2 Å². The molecule has 2 aliphatic rings. The molecule has 9 rings (SSSR count). The summed E-state index contributed by atoms with van der Waals surface area (Å²) in [4.78, 5) is 60.3. The van der Waals surface area contributed by atoms with E-state index in [4.69, 9.17) is 14.5 Å². The van der Waals surface area contributed by atoms with Crippen LogP contribution in [0.4, 0.5) is 23.1 Å². The Morgan fingerprint density at radius 3 is 1.59 bits per heavy atom. The van der Waals surface area contributed by atoms with Crippen LogP contribution in [-0.4, -0.2) is 75.4 Å². The normalized spacial score (nSPS) is 16.3. The summed E-state index contributed by atoms with van der Waals surface area (Å²) in [6, 6.07) is 56.9. The molecule has 0 aliphatic carbocycles. The topological polar surface area (TPSA) is 159 Å². The Morgan fingerprint density at radius 2 is 1.15 bits per heavy atom. The largest absolute Gasteiger partial charge is 0.477 e. The number of aliphatic carboxylic acids is 1. The summed E-state index contributed by atoms with van der Waals surface area (Å²) in [5, 5.41) is 19.8. The van der Waals surface area contributed by atoms with E-state index >= 15 is 4.79 Å². The van der Waals surface area contributed by atoms with Crippen molar-refractivity contribution in [2.75, 3.05) is 24.2 Å². The van der Waals surface area contributed by atoms with Crippen LogP contribution in [0, 0.1) is 0 Å². The lowest BCUT2D eigenvalue weighted by Crippen LogP contribution is -2.71. The quantitative estimate of drug-likeness (QED) is 0.0512. The summed E-state index contributed by atoms with van der Waals surface area (Å²) >= 11 is 2.36. The lowest BCUT2D eigenvalue weighted by atomic mass is 9.77. The lowest BCUT2D eigenvalue weighted by molar-refractivity contribution is -0.154. The number of alkyl carbamates (subject to hydrolysis) is 1. The molecule has 3 heterocycles. The molecule has 360 valence electrons. The number of anilines is 1. The van der Waals surface area contributed by atoms with Gasteiger partial charge in [0.2, 0.25) is 0 Å². The summed E-state index contributed by atoms with van der Waals surface area (Å²) in [5.41, 5.74) is 2.08. The number of carbonyl (C=O) groups excluding carboxylic acids is 3. The Morgan fingerprint density at radius 1 is 0.704 bits per heavy atom. The number of nitrogens with zero attached hydrogens (tertiary/aromatic N) is 2. The molecule has 1 fully saturated rings. The van der Waals surface area contributed by atoms with E-state index in [0.29, 0.717) is 21.8 Å². The predicted molar refractivity (Wildman–Crippen MR) is 263 cm³/mol. The SMILES string of the molecule is O=C(NCC(F)(F)F)OCC1=C(C(=O)O)N2C(=O)C(NC(=O)C(OC(c3ccccc3)(c3ccccc3)c3ccccc3)c3csc(NC(c4ccccc4)(c4ccccc4)c4ccccc4)n3)[C@@H]2SC1. The van der Waals surface area contributed by atoms with Gasteiger partial charge in [-0.05, 0) is 33.4 Å². The summed E-state index contributed by atoms with van der Waals surface area (Å²) in [7, 11) is 0. The van der Waals surface area contributed by atoms with Crippen LogP contribution < -0.4 is 16.0 Å². The Balaban J connectivity index is 1.11. The highest BCUT2D eigenvalue weighted by Gasteiger charge is 2.55. The zero-order valence-electron chi connectivity index (χ0n) is 37.5. The molecule has 1 aromatic heterocycles. The monoisotopic (exact) mass is 995 g/mol. The highest BCUT2D eigenvalue weighted by Crippen LogP contribution is 2.47. The van der Waals surface area contributed by atoms with Gasteiger partial charge in [0, 0.05) is 16.7 Å². The fraction of sp³-hybridized carbons (Fsp3) is 0.167. The van der Waals surface area contributed by atoms with Gasteiger partial charge in [-0.15, -0.1) is 23.1 Å². The van der Waals surface area contributed by atoms with Crippen molar-refractivity contribution >= 4 is 52.1 Å². The maximum atomic E-state index is 15.3. The number of thioether (sulfide) groups is 1. The Bertz CT molecular complexity index is 2830. The Labute approximate surface area is 414 Å². The number of fused-ring (bicyclic) bond motifs is 1. The zero-order valence-corrected chi connectivity index (χ0v) is 39.1. The van der Waals surface area contributed by atoms with Crippen molar-refractivity contribution < 1.29 is 46.9 Å². The van der Waals surface area contributed by atoms with Crippen molar-refractivity contribution in [2.45, 2.75) is 34.8 Å². The fourth-order valence-corrected chi connectivity index (χ4v) is 11.1. The van der Waals surface area contributed by atoms with Crippen LogP contribution in [0.3, 0.4) is 0 Å². The summed E-state index contributed by atoms with van der Waals surface area (Å²) in [6.07, 6.45) is -7.64. The molecule has 0 radical (unpaired) electrons. The van der Waals surface area contributed by atoms with Crippen LogP contribution in [0.2, 0.25) is 0 Å². The van der Waals surface area contributed by atoms with Crippen LogP contribution in [0.5, 0.6) is 0 Å². The van der Waals surface area contributed by atoms with E-state index in [1.807, 2.05) is 182 Å². The Kier molecular flexibility index (Phi) is 14.1. The number of aromatic nitrogens is 1. The van der Waals surface area contributed by atoms with Crippen molar-refractivity contribution in [1.29, 1.82) is 0 Å². The number of alkyl halides is 3. The maximum Gasteiger partial charge on any atom is 0.407 e. The first-order valence-corrected chi connectivity index (χ1v) is 24.2. The molecule has 12 nitrogen and oxygen atoms in total. The fourth-order valence-electron chi connectivity index (χ4n) is 8.95. The maximum absolute atomic E-state index is 15.3. The second-order valence-electron chi connectivity index (χ2n) is 16.5. The first-order valence-electron chi connectivity index (χ1n) is 22.3. The van der Waals surface area contributed by atoms with Crippen molar-refractivity contribution in [3.05, 3.63) is 238 Å². The molecular weight excluding hydrogens is 952 g/mol. The summed E-state index contributed by atoms with van der Waals surface area (Å²) in [5.74, 6) is -3.13. The number of hydrogen-bond acceptors (Lipinski definition) is 10. The standard InChI is InChI=1S/C54H44F3N5O7S2/c55-52(56,57)34-58-51(67)68-31-35-32-70-48-43(47(64)62(48)44(35)49(65)66)60-46(63)45(69-54(39-25-13-4-14-26-39,40-27-15-5-16-28-40)41-29-17-6-18-30-41)42-33-71-50(59-42)61-53(36-19-7-1-8-20-36,37-21-9-2-10-22-37)38-23-11-3-12-24-38/h1-30,33,43,45,48H,31-32,34H2,(H,58,67)(H,59,61)(H,60,63)(H,65,66)/t43?,45?,48-/m0/s1. The van der Waals surface area contributed by atoms with Gasteiger partial charge in [-0.25, -0.2) is 14.6 Å². The van der Waals surface area contributed by atoms with E-state index in [0.717, 1.165) is 33.4 Å². The third kappa shape index (κ3) is 9.88. The molecule has 4 N–H and O–H groups in total. The van der Waals surface area contributed by atoms with Crippen molar-refractivity contribution in [3.63, 3.8) is 0 Å². The number of carboxylic acid groups (broad SMARTS) is 1. The number of thiazole rings is 1. The highest BCUT2D eigenvalue weighted by molar-refractivity contribution is 8.00. The number of β-lactam (4-membered cyclic amide) rings is 1. The van der Waals surface area contributed by atoms with E-state index in [9.17, 15) is 32.7 Å². The number of ether oxygens (including phenoxy) is 2. The molecule has 3 amide bonds. The zero-order chi connectivity index (χ0) is 49.6. The molecule has 17 heteroatoms. The van der Waals surface area contributed by atoms with Gasteiger partial charge in [-0.2, -0.15) is 13.2 Å². The number of rotatable bonds is 17. The van der Waals surface area contributed by atoms with Crippen LogP contribution >= 0.6 is 23.1 Å². The number of amides is 3. The van der Waals surface area contributed by atoms with Gasteiger partial charge in [0.15, 0.2) is 11.2 Å². The molecule has 0 spiro atoms. The van der Waals surface area contributed by atoms with E-state index in [2.05, 4.69) is 10.6 Å². The first kappa shape index (κ1) is 48.3. The van der Waals surface area contributed by atoms with Gasteiger partial charge in [-0.1, -0.05) is 182 Å². The number of hydrogen-bond donors (Lipinski definition) is 4. The van der Waals surface area contributed by atoms with Crippen LogP contribution in [-0.2, 0) is 35.0 Å². The van der Waals surface area contributed by atoms with Crippen molar-refractivity contribution in [1.82, 2.24) is 20.5 Å². The van der Waals surface area contributed by atoms with Crippen molar-refractivity contribution in [3.8, 4) is 0 Å². The second-order valence-corrected chi connectivity index (χ2v) is 18.5. The van der Waals surface area contributed by atoms with E-state index in [-0.39, 0.29) is 17.0 Å². The molecule has 0 saturated carbocycles. The number of halogens is 3. The highest BCUT2D eigenvalue weighted by atomic mass is 32.2. The van der Waals surface area contributed by atoms with Crippen LogP contribution in [0.1, 0.15) is 45.2 Å². The molecule has 0 bridgehead atoms. The van der Waals surface area contributed by atoms with Gasteiger partial charge < -0.3 is 30.5 Å². The van der Waals surface area contributed by atoms with Crippen LogP contribution in [0.15, 0.2) is 199 Å². The molecule has 6 aromatic carbocycles. The molecule has 71 heavy (non-hydrogen) atoms. The van der Waals surface area contributed by atoms with Gasteiger partial charge in [-0.3, -0.25) is 14.5 Å². The lowest BCUT2D eigenvalue weighted by Gasteiger charge is -2.49.